The minimum atomic E-state index is 0.0616. The van der Waals surface area contributed by atoms with Crippen LogP contribution in [-0.2, 0) is 0 Å². The number of allylic oxidation sites excluding steroid dienone is 1. The summed E-state index contributed by atoms with van der Waals surface area (Å²) in [5.41, 5.74) is 0. The van der Waals surface area contributed by atoms with Crippen molar-refractivity contribution in [2.24, 2.45) is 0 Å². The minimum Gasteiger partial charge on any atom is -0.392 e. The van der Waals surface area contributed by atoms with Crippen LogP contribution in [0.1, 0.15) is 32.6 Å². The van der Waals surface area contributed by atoms with E-state index in [9.17, 15) is 0 Å². The summed E-state index contributed by atoms with van der Waals surface area (Å²) >= 11 is 0. The van der Waals surface area contributed by atoms with Crippen LogP contribution in [0.15, 0.2) is 6.08 Å². The SMILES string of the molecule is CCCCC/C=[C]\CO. The summed E-state index contributed by atoms with van der Waals surface area (Å²) in [5.74, 6) is 0. The largest absolute Gasteiger partial charge is 0.392 e. The number of hydrogen-bond acceptors (Lipinski definition) is 1. The van der Waals surface area contributed by atoms with Gasteiger partial charge in [-0.15, -0.1) is 0 Å². The predicted molar refractivity (Wildman–Crippen MR) is 39.0 cm³/mol. The summed E-state index contributed by atoms with van der Waals surface area (Å²) in [7, 11) is 0. The zero-order chi connectivity index (χ0) is 6.95. The number of unbranched alkanes of at least 4 members (excludes halogenated alkanes) is 3. The molecule has 1 nitrogen and oxygen atoms in total. The second-order valence-electron chi connectivity index (χ2n) is 2.06. The lowest BCUT2D eigenvalue weighted by Crippen LogP contribution is -1.74. The molecule has 1 heteroatoms. The molecule has 9 heavy (non-hydrogen) atoms. The maximum atomic E-state index is 8.28. The van der Waals surface area contributed by atoms with Crippen LogP contribution in [0.5, 0.6) is 0 Å². The molecule has 0 bridgehead atoms. The Kier molecular flexibility index (Phi) is 7.44. The van der Waals surface area contributed by atoms with Gasteiger partial charge in [-0.05, 0) is 18.9 Å². The molecule has 1 radical (unpaired) electrons. The maximum Gasteiger partial charge on any atom is 0.0682 e. The highest BCUT2D eigenvalue weighted by Crippen LogP contribution is 1.98. The molecular formula is C8H15O. The van der Waals surface area contributed by atoms with Crippen molar-refractivity contribution in [2.75, 3.05) is 6.61 Å². The van der Waals surface area contributed by atoms with E-state index in [1.165, 1.54) is 19.3 Å². The monoisotopic (exact) mass is 127 g/mol. The Labute approximate surface area is 57.4 Å². The van der Waals surface area contributed by atoms with E-state index in [0.717, 1.165) is 6.42 Å². The summed E-state index contributed by atoms with van der Waals surface area (Å²) < 4.78 is 0. The lowest BCUT2D eigenvalue weighted by Gasteiger charge is -1.89. The van der Waals surface area contributed by atoms with Gasteiger partial charge < -0.3 is 5.11 Å². The first-order valence-corrected chi connectivity index (χ1v) is 3.57. The van der Waals surface area contributed by atoms with Crippen LogP contribution >= 0.6 is 0 Å². The van der Waals surface area contributed by atoms with Crippen LogP contribution in [0.2, 0.25) is 0 Å². The van der Waals surface area contributed by atoms with E-state index < -0.39 is 0 Å². The number of aliphatic hydroxyl groups is 1. The molecular weight excluding hydrogens is 112 g/mol. The first kappa shape index (κ1) is 8.70. The summed E-state index contributed by atoms with van der Waals surface area (Å²) in [5, 5.41) is 8.28. The second-order valence-corrected chi connectivity index (χ2v) is 2.06. The van der Waals surface area contributed by atoms with Crippen molar-refractivity contribution in [3.05, 3.63) is 12.2 Å². The average molecular weight is 127 g/mol. The average Bonchev–Trinajstić information content (AvgIpc) is 1.89. The van der Waals surface area contributed by atoms with Gasteiger partial charge in [0.2, 0.25) is 0 Å². The van der Waals surface area contributed by atoms with Gasteiger partial charge in [-0.1, -0.05) is 25.8 Å². The second kappa shape index (κ2) is 7.70. The van der Waals surface area contributed by atoms with Crippen molar-refractivity contribution >= 4 is 0 Å². The van der Waals surface area contributed by atoms with E-state index >= 15 is 0 Å². The fraction of sp³-hybridized carbons (Fsp3) is 0.750. The number of aliphatic hydroxyl groups excluding tert-OH is 1. The zero-order valence-corrected chi connectivity index (χ0v) is 6.06. The van der Waals surface area contributed by atoms with Crippen LogP contribution in [0, 0.1) is 6.08 Å². The third kappa shape index (κ3) is 7.70. The van der Waals surface area contributed by atoms with E-state index in [-0.39, 0.29) is 6.61 Å². The molecule has 0 aliphatic heterocycles. The standard InChI is InChI=1S/C8H15O/c1-2-3-4-5-6-7-8-9/h6,9H,2-5,8H2,1H3. The van der Waals surface area contributed by atoms with Crippen LogP contribution < -0.4 is 0 Å². The van der Waals surface area contributed by atoms with E-state index in [4.69, 9.17) is 5.11 Å². The van der Waals surface area contributed by atoms with E-state index in [0.29, 0.717) is 0 Å². The van der Waals surface area contributed by atoms with Gasteiger partial charge in [-0.2, -0.15) is 0 Å². The Hall–Kier alpha value is -0.300. The molecule has 0 aromatic heterocycles. The highest BCUT2D eigenvalue weighted by molar-refractivity contribution is 4.72. The van der Waals surface area contributed by atoms with Crippen LogP contribution in [0.3, 0.4) is 0 Å². The molecule has 0 spiro atoms. The first-order chi connectivity index (χ1) is 4.41. The summed E-state index contributed by atoms with van der Waals surface area (Å²) in [6.45, 7) is 2.24. The molecule has 0 amide bonds. The van der Waals surface area contributed by atoms with Gasteiger partial charge in [0.15, 0.2) is 0 Å². The molecule has 0 aliphatic rings. The maximum absolute atomic E-state index is 8.28. The van der Waals surface area contributed by atoms with Gasteiger partial charge in [0, 0.05) is 0 Å². The molecule has 0 aromatic carbocycles. The van der Waals surface area contributed by atoms with Crippen molar-refractivity contribution in [3.8, 4) is 0 Å². The lowest BCUT2D eigenvalue weighted by atomic mass is 10.2. The third-order valence-electron chi connectivity index (χ3n) is 1.19. The van der Waals surface area contributed by atoms with Gasteiger partial charge in [-0.3, -0.25) is 0 Å². The molecule has 0 heterocycles. The predicted octanol–water partition coefficient (Wildman–Crippen LogP) is 1.92. The number of hydrogen-bond donors (Lipinski definition) is 1. The lowest BCUT2D eigenvalue weighted by molar-refractivity contribution is 0.336. The first-order valence-electron chi connectivity index (χ1n) is 3.57. The van der Waals surface area contributed by atoms with Gasteiger partial charge >= 0.3 is 0 Å². The smallest absolute Gasteiger partial charge is 0.0682 e. The van der Waals surface area contributed by atoms with Crippen molar-refractivity contribution < 1.29 is 5.11 Å². The van der Waals surface area contributed by atoms with Gasteiger partial charge in [0.05, 0.1) is 6.61 Å². The van der Waals surface area contributed by atoms with Crippen molar-refractivity contribution in [1.82, 2.24) is 0 Å². The fourth-order valence-electron chi connectivity index (χ4n) is 0.663. The van der Waals surface area contributed by atoms with Crippen molar-refractivity contribution in [1.29, 1.82) is 0 Å². The Morgan fingerprint density at radius 3 is 2.78 bits per heavy atom. The molecule has 0 unspecified atom stereocenters. The highest BCUT2D eigenvalue weighted by atomic mass is 16.2. The topological polar surface area (TPSA) is 20.2 Å². The summed E-state index contributed by atoms with van der Waals surface area (Å²) in [6.07, 6.45) is 9.48. The van der Waals surface area contributed by atoms with Gasteiger partial charge in [0.25, 0.3) is 0 Å². The fourth-order valence-corrected chi connectivity index (χ4v) is 0.663. The molecule has 0 rings (SSSR count). The third-order valence-corrected chi connectivity index (χ3v) is 1.19. The van der Waals surface area contributed by atoms with Gasteiger partial charge in [0.1, 0.15) is 0 Å². The highest BCUT2D eigenvalue weighted by Gasteiger charge is 1.79. The van der Waals surface area contributed by atoms with Gasteiger partial charge in [-0.25, -0.2) is 0 Å². The molecule has 0 saturated carbocycles. The Balaban J connectivity index is 2.82. The molecule has 0 atom stereocenters. The molecule has 0 fully saturated rings. The zero-order valence-electron chi connectivity index (χ0n) is 6.06. The van der Waals surface area contributed by atoms with Crippen LogP contribution in [0.25, 0.3) is 0 Å². The Bertz CT molecular complexity index is 67.0. The Morgan fingerprint density at radius 1 is 1.44 bits per heavy atom. The molecule has 1 N–H and O–H groups in total. The van der Waals surface area contributed by atoms with Crippen LogP contribution in [0.4, 0.5) is 0 Å². The van der Waals surface area contributed by atoms with Crippen LogP contribution in [-0.4, -0.2) is 11.7 Å². The molecule has 0 aromatic rings. The van der Waals surface area contributed by atoms with E-state index in [2.05, 4.69) is 13.0 Å². The number of rotatable bonds is 5. The Morgan fingerprint density at radius 2 is 2.22 bits per heavy atom. The van der Waals surface area contributed by atoms with E-state index in [1.807, 2.05) is 6.08 Å². The normalized spacial score (nSPS) is 10.9. The quantitative estimate of drug-likeness (QED) is 0.559. The molecule has 0 saturated heterocycles. The van der Waals surface area contributed by atoms with Crippen molar-refractivity contribution in [3.63, 3.8) is 0 Å². The summed E-state index contributed by atoms with van der Waals surface area (Å²) in [4.78, 5) is 0. The molecule has 53 valence electrons. The molecule has 0 aliphatic carbocycles. The minimum absolute atomic E-state index is 0.0616. The van der Waals surface area contributed by atoms with Crippen molar-refractivity contribution in [2.45, 2.75) is 32.6 Å². The summed E-state index contributed by atoms with van der Waals surface area (Å²) in [6, 6.07) is 0. The van der Waals surface area contributed by atoms with E-state index in [1.54, 1.807) is 0 Å².